The maximum atomic E-state index is 8.76. The third kappa shape index (κ3) is 5.01. The molecule has 0 saturated carbocycles. The van der Waals surface area contributed by atoms with Gasteiger partial charge in [0.05, 0.1) is 24.7 Å². The molecular formula is C51H30N4O2. The van der Waals surface area contributed by atoms with Crippen molar-refractivity contribution in [2.75, 3.05) is 0 Å². The summed E-state index contributed by atoms with van der Waals surface area (Å²) in [5.41, 5.74) is 7.19. The number of rotatable bonds is 5. The molecule has 0 fully saturated rings. The van der Waals surface area contributed by atoms with Crippen molar-refractivity contribution in [2.45, 2.75) is 0 Å². The lowest BCUT2D eigenvalue weighted by Crippen LogP contribution is -2.00. The lowest BCUT2D eigenvalue weighted by atomic mass is 9.99. The zero-order valence-corrected chi connectivity index (χ0v) is 29.7. The van der Waals surface area contributed by atoms with E-state index in [2.05, 4.69) is 64.1 Å². The first-order chi connectivity index (χ1) is 32.4. The van der Waals surface area contributed by atoms with Crippen LogP contribution in [0.1, 0.15) is 13.7 Å². The molecule has 266 valence electrons. The highest BCUT2D eigenvalue weighted by Gasteiger charge is 2.20. The quantitative estimate of drug-likeness (QED) is 0.176. The van der Waals surface area contributed by atoms with Gasteiger partial charge in [-0.15, -0.1) is 0 Å². The van der Waals surface area contributed by atoms with Crippen LogP contribution in [0.5, 0.6) is 0 Å². The summed E-state index contributed by atoms with van der Waals surface area (Å²) in [6.45, 7) is 0. The summed E-state index contributed by atoms with van der Waals surface area (Å²) in [4.78, 5) is 13.8. The average molecular weight is 741 g/mol. The van der Waals surface area contributed by atoms with Gasteiger partial charge in [-0.1, -0.05) is 121 Å². The van der Waals surface area contributed by atoms with Gasteiger partial charge >= 0.3 is 0 Å². The first-order valence-electron chi connectivity index (χ1n) is 23.2. The molecule has 0 aliphatic heterocycles. The van der Waals surface area contributed by atoms with E-state index in [1.165, 1.54) is 0 Å². The van der Waals surface area contributed by atoms with Crippen LogP contribution in [-0.2, 0) is 0 Å². The lowest BCUT2D eigenvalue weighted by Gasteiger charge is -2.09. The molecular weight excluding hydrogens is 701 g/mol. The summed E-state index contributed by atoms with van der Waals surface area (Å²) in [5.74, 6) is -0.744. The molecule has 0 aliphatic carbocycles. The van der Waals surface area contributed by atoms with Crippen LogP contribution in [0.4, 0.5) is 0 Å². The molecule has 0 radical (unpaired) electrons. The molecule has 0 spiro atoms. The minimum absolute atomic E-state index is 0.0487. The van der Waals surface area contributed by atoms with Gasteiger partial charge < -0.3 is 13.4 Å². The zero-order chi connectivity index (χ0) is 46.2. The van der Waals surface area contributed by atoms with Crippen LogP contribution in [0.15, 0.2) is 191 Å². The van der Waals surface area contributed by atoms with Crippen molar-refractivity contribution in [1.82, 2.24) is 19.5 Å². The number of hydrogen-bond donors (Lipinski definition) is 0. The summed E-state index contributed by atoms with van der Waals surface area (Å²) in [5, 5.41) is 5.51. The molecule has 8 aromatic carbocycles. The number of hydrogen-bond acceptors (Lipinski definition) is 5. The predicted octanol–water partition coefficient (Wildman–Crippen LogP) is 13.4. The third-order valence-electron chi connectivity index (χ3n) is 10.4. The first kappa shape index (κ1) is 23.2. The van der Waals surface area contributed by atoms with Crippen molar-refractivity contribution in [3.8, 4) is 51.0 Å². The lowest BCUT2D eigenvalue weighted by molar-refractivity contribution is 0.668. The van der Waals surface area contributed by atoms with Crippen LogP contribution >= 0.6 is 0 Å². The standard InChI is InChI=1S/C51H30N4O2/c1-3-12-31(13-4-1)49-52-50(32-14-5-2-6-15-32)54-51(53-49)39-18-11-21-46-48(39)41-29-34(23-27-45(41)56-46)33-22-26-43-40(28-33)36-16-7-9-19-42(36)55(43)35-24-25-38-37-17-8-10-20-44(37)57-47(38)30-35/h1-30H/i1D,2D,3D,4D,5D,6D,12D,13D,14D,15D. The van der Waals surface area contributed by atoms with Gasteiger partial charge in [-0.2, -0.15) is 0 Å². The van der Waals surface area contributed by atoms with Crippen molar-refractivity contribution in [3.63, 3.8) is 0 Å². The summed E-state index contributed by atoms with van der Waals surface area (Å²) < 4.78 is 99.8. The Hall–Kier alpha value is -7.83. The first-order valence-corrected chi connectivity index (χ1v) is 18.2. The van der Waals surface area contributed by atoms with Crippen LogP contribution in [0, 0.1) is 0 Å². The minimum Gasteiger partial charge on any atom is -0.456 e. The maximum Gasteiger partial charge on any atom is 0.164 e. The molecule has 0 amide bonds. The van der Waals surface area contributed by atoms with E-state index in [0.29, 0.717) is 27.5 Å². The topological polar surface area (TPSA) is 69.9 Å². The molecule has 0 aliphatic rings. The SMILES string of the molecule is [2H]c1c([2H])c([2H])c(-c2nc(-c3c([2H])c([2H])c([2H])c([2H])c3[2H])nc(-c3cccc4oc5ccc(-c6ccc7c(c6)c6ccccc6n7-c6ccc7c(c6)oc6ccccc67)cc5c34)n2)c([2H])c1[2H]. The zero-order valence-electron chi connectivity index (χ0n) is 39.7. The van der Waals surface area contributed by atoms with E-state index in [-0.39, 0.29) is 28.6 Å². The number of para-hydroxylation sites is 2. The van der Waals surface area contributed by atoms with E-state index in [4.69, 9.17) is 32.5 Å². The average Bonchev–Trinajstić information content (AvgIpc) is 4.02. The van der Waals surface area contributed by atoms with Crippen LogP contribution in [0.3, 0.4) is 0 Å². The number of benzene rings is 8. The molecule has 57 heavy (non-hydrogen) atoms. The Morgan fingerprint density at radius 1 is 0.404 bits per heavy atom. The highest BCUT2D eigenvalue weighted by atomic mass is 16.3. The van der Waals surface area contributed by atoms with Gasteiger partial charge in [0.1, 0.15) is 22.3 Å². The summed E-state index contributed by atoms with van der Waals surface area (Å²) in [6, 6.07) is 34.0. The van der Waals surface area contributed by atoms with Gasteiger partial charge in [0, 0.05) is 60.8 Å². The van der Waals surface area contributed by atoms with E-state index >= 15 is 0 Å². The molecule has 4 heterocycles. The minimum atomic E-state index is -0.621. The highest BCUT2D eigenvalue weighted by molar-refractivity contribution is 6.14. The molecule has 0 saturated heterocycles. The van der Waals surface area contributed by atoms with Crippen LogP contribution < -0.4 is 0 Å². The van der Waals surface area contributed by atoms with E-state index < -0.39 is 60.4 Å². The summed E-state index contributed by atoms with van der Waals surface area (Å²) >= 11 is 0. The van der Waals surface area contributed by atoms with E-state index in [1.807, 2.05) is 48.5 Å². The Morgan fingerprint density at radius 2 is 1.00 bits per heavy atom. The summed E-state index contributed by atoms with van der Waals surface area (Å²) in [6.07, 6.45) is 0. The normalized spacial score (nSPS) is 14.3. The smallest absolute Gasteiger partial charge is 0.164 e. The molecule has 0 atom stereocenters. The van der Waals surface area contributed by atoms with E-state index in [1.54, 1.807) is 18.2 Å². The van der Waals surface area contributed by atoms with Gasteiger partial charge in [0.2, 0.25) is 0 Å². The molecule has 12 rings (SSSR count). The van der Waals surface area contributed by atoms with E-state index in [9.17, 15) is 0 Å². The third-order valence-corrected chi connectivity index (χ3v) is 10.4. The predicted molar refractivity (Wildman–Crippen MR) is 230 cm³/mol. The highest BCUT2D eigenvalue weighted by Crippen LogP contribution is 2.41. The van der Waals surface area contributed by atoms with Crippen LogP contribution in [0.25, 0.3) is 117 Å². The van der Waals surface area contributed by atoms with Gasteiger partial charge in [0.25, 0.3) is 0 Å². The number of nitrogens with zero attached hydrogens (tertiary/aromatic N) is 4. The largest absolute Gasteiger partial charge is 0.456 e. The fourth-order valence-corrected chi connectivity index (χ4v) is 7.92. The Kier molecular flexibility index (Phi) is 5.02. The van der Waals surface area contributed by atoms with Crippen LogP contribution in [-0.4, -0.2) is 19.5 Å². The van der Waals surface area contributed by atoms with Gasteiger partial charge in [0.15, 0.2) is 17.5 Å². The Balaban J connectivity index is 1.05. The van der Waals surface area contributed by atoms with Crippen LogP contribution in [0.2, 0.25) is 0 Å². The fourth-order valence-electron chi connectivity index (χ4n) is 7.92. The van der Waals surface area contributed by atoms with E-state index in [0.717, 1.165) is 60.6 Å². The monoisotopic (exact) mass is 740 g/mol. The molecule has 6 nitrogen and oxygen atoms in total. The number of fused-ring (bicyclic) bond motifs is 9. The number of aromatic nitrogens is 4. The molecule has 0 N–H and O–H groups in total. The maximum absolute atomic E-state index is 8.76. The molecule has 12 aromatic rings. The molecule has 0 unspecified atom stereocenters. The van der Waals surface area contributed by atoms with Crippen molar-refractivity contribution in [3.05, 3.63) is 182 Å². The molecule has 0 bridgehead atoms. The number of furan rings is 2. The van der Waals surface area contributed by atoms with Crippen molar-refractivity contribution >= 4 is 65.7 Å². The molecule has 6 heteroatoms. The van der Waals surface area contributed by atoms with Crippen molar-refractivity contribution in [2.24, 2.45) is 0 Å². The Morgan fingerprint density at radius 3 is 1.79 bits per heavy atom. The molecule has 4 aromatic heterocycles. The second-order valence-electron chi connectivity index (χ2n) is 13.7. The van der Waals surface area contributed by atoms with Gasteiger partial charge in [-0.3, -0.25) is 0 Å². The Labute approximate surface area is 340 Å². The van der Waals surface area contributed by atoms with Crippen molar-refractivity contribution in [1.29, 1.82) is 0 Å². The van der Waals surface area contributed by atoms with Gasteiger partial charge in [-0.25, -0.2) is 15.0 Å². The second kappa shape index (κ2) is 12.3. The fraction of sp³-hybridized carbons (Fsp3) is 0. The summed E-state index contributed by atoms with van der Waals surface area (Å²) in [7, 11) is 0. The second-order valence-corrected chi connectivity index (χ2v) is 13.7. The Bertz CT molecular complexity index is 4000. The van der Waals surface area contributed by atoms with Gasteiger partial charge in [-0.05, 0) is 65.7 Å². The van der Waals surface area contributed by atoms with Crippen molar-refractivity contribution < 1.29 is 22.5 Å².